The van der Waals surface area contributed by atoms with Crippen LogP contribution in [-0.4, -0.2) is 29.1 Å². The Kier molecular flexibility index (Phi) is 16.3. The molecule has 3 aliphatic carbocycles. The van der Waals surface area contributed by atoms with Gasteiger partial charge in [0.25, 0.3) is 0 Å². The molecule has 37 heavy (non-hydrogen) atoms. The van der Waals surface area contributed by atoms with Crippen LogP contribution in [0.15, 0.2) is 37.4 Å². The Morgan fingerprint density at radius 3 is 2.11 bits per heavy atom. The summed E-state index contributed by atoms with van der Waals surface area (Å²) in [7, 11) is 0. The summed E-state index contributed by atoms with van der Waals surface area (Å²) >= 11 is 3.53. The molecule has 0 radical (unpaired) electrons. The van der Waals surface area contributed by atoms with Gasteiger partial charge in [-0.15, -0.1) is 13.2 Å². The van der Waals surface area contributed by atoms with Crippen molar-refractivity contribution in [1.82, 2.24) is 0 Å². The molecule has 0 amide bonds. The zero-order valence-electron chi connectivity index (χ0n) is 23.4. The summed E-state index contributed by atoms with van der Waals surface area (Å²) in [6, 6.07) is 9.08. The second-order valence-corrected chi connectivity index (χ2v) is 10.4. The second-order valence-electron chi connectivity index (χ2n) is 9.99. The number of hydrogen-bond acceptors (Lipinski definition) is 2. The van der Waals surface area contributed by atoms with Gasteiger partial charge in [0.2, 0.25) is 0 Å². The maximum atomic E-state index is 12.0. The smallest absolute Gasteiger partial charge is 0.393 e. The van der Waals surface area contributed by atoms with Crippen molar-refractivity contribution < 1.29 is 27.1 Å². The van der Waals surface area contributed by atoms with Crippen LogP contribution in [0.3, 0.4) is 0 Å². The van der Waals surface area contributed by atoms with Gasteiger partial charge in [0.15, 0.2) is 0 Å². The molecule has 0 spiro atoms. The van der Waals surface area contributed by atoms with Crippen molar-refractivity contribution in [2.24, 2.45) is 17.3 Å². The minimum atomic E-state index is -5.42. The lowest BCUT2D eigenvalue weighted by Gasteiger charge is -2.50. The van der Waals surface area contributed by atoms with E-state index in [0.717, 1.165) is 24.2 Å². The third kappa shape index (κ3) is 9.26. The highest BCUT2D eigenvalue weighted by atomic mass is 32.1. The van der Waals surface area contributed by atoms with Crippen molar-refractivity contribution in [1.29, 1.82) is 0 Å². The highest BCUT2D eigenvalue weighted by Crippen LogP contribution is 2.60. The maximum Gasteiger partial charge on any atom is 0.453 e. The predicted octanol–water partition coefficient (Wildman–Crippen LogP) is 10.0. The number of aliphatic hydroxyl groups is 1. The number of benzene rings is 1. The molecule has 0 bridgehead atoms. The van der Waals surface area contributed by atoms with E-state index in [1.165, 1.54) is 38.5 Å². The monoisotopic (exact) mass is 552 g/mol. The molecule has 1 N–H and O–H groups in total. The minimum absolute atomic E-state index is 0.0334. The first-order valence-electron chi connectivity index (χ1n) is 13.7. The Labute approximate surface area is 227 Å². The number of rotatable bonds is 3. The third-order valence-electron chi connectivity index (χ3n) is 7.65. The van der Waals surface area contributed by atoms with E-state index in [9.17, 15) is 27.1 Å². The number of thiol groups is 1. The normalized spacial score (nSPS) is 27.6. The van der Waals surface area contributed by atoms with E-state index in [-0.39, 0.29) is 23.7 Å². The van der Waals surface area contributed by atoms with Crippen LogP contribution >= 0.6 is 12.6 Å². The quantitative estimate of drug-likeness (QED) is 0.217. The zero-order valence-corrected chi connectivity index (χ0v) is 24.3. The van der Waals surface area contributed by atoms with Gasteiger partial charge in [0.1, 0.15) is 0 Å². The number of aryl methyl sites for hydroxylation is 1. The van der Waals surface area contributed by atoms with Crippen LogP contribution in [0.4, 0.5) is 22.0 Å². The fourth-order valence-corrected chi connectivity index (χ4v) is 6.10. The average Bonchev–Trinajstić information content (AvgIpc) is 3.19. The predicted molar refractivity (Wildman–Crippen MR) is 150 cm³/mol. The third-order valence-corrected chi connectivity index (χ3v) is 7.97. The molecular weight excluding hydrogens is 503 g/mol. The first kappa shape index (κ1) is 35.9. The molecule has 2 fully saturated rings. The first-order chi connectivity index (χ1) is 17.4. The summed E-state index contributed by atoms with van der Waals surface area (Å²) in [6.45, 7) is 16.6. The Morgan fingerprint density at radius 1 is 1.00 bits per heavy atom. The van der Waals surface area contributed by atoms with Gasteiger partial charge in [-0.1, -0.05) is 65.3 Å². The largest absolute Gasteiger partial charge is 0.453 e. The van der Waals surface area contributed by atoms with Crippen LogP contribution < -0.4 is 0 Å². The van der Waals surface area contributed by atoms with Crippen LogP contribution in [0.5, 0.6) is 0 Å². The summed E-state index contributed by atoms with van der Waals surface area (Å²) in [5.41, 5.74) is 3.43. The van der Waals surface area contributed by atoms with Crippen molar-refractivity contribution in [3.05, 3.63) is 48.6 Å². The molecule has 216 valence electrons. The fourth-order valence-electron chi connectivity index (χ4n) is 5.94. The van der Waals surface area contributed by atoms with E-state index in [0.29, 0.717) is 0 Å². The highest BCUT2D eigenvalue weighted by Gasteiger charge is 2.56. The Balaban J connectivity index is 0.000000620. The molecule has 4 rings (SSSR count). The van der Waals surface area contributed by atoms with Crippen LogP contribution in [0, 0.1) is 17.3 Å². The Hall–Kier alpha value is -1.08. The van der Waals surface area contributed by atoms with Gasteiger partial charge >= 0.3 is 12.1 Å². The molecule has 0 aliphatic heterocycles. The molecular formula is C30H49F5OS. The summed E-state index contributed by atoms with van der Waals surface area (Å²) < 4.78 is 58.1. The number of hydrogen-bond donors (Lipinski definition) is 2. The second kappa shape index (κ2) is 16.8. The van der Waals surface area contributed by atoms with E-state index in [1.54, 1.807) is 11.1 Å². The van der Waals surface area contributed by atoms with Crippen LogP contribution in [-0.2, 0) is 6.42 Å². The molecule has 5 unspecified atom stereocenters. The van der Waals surface area contributed by atoms with Crippen molar-refractivity contribution in [3.8, 4) is 0 Å². The lowest BCUT2D eigenvalue weighted by atomic mass is 9.55. The number of halogens is 5. The highest BCUT2D eigenvalue weighted by molar-refractivity contribution is 7.80. The molecule has 0 heterocycles. The van der Waals surface area contributed by atoms with Gasteiger partial charge in [-0.05, 0) is 85.0 Å². The van der Waals surface area contributed by atoms with Crippen molar-refractivity contribution >= 4 is 12.6 Å². The molecule has 2 saturated carbocycles. The fraction of sp³-hybridized carbons (Fsp3) is 0.733. The molecule has 1 aromatic carbocycles. The molecule has 0 aromatic heterocycles. The average molecular weight is 553 g/mol. The van der Waals surface area contributed by atoms with Crippen LogP contribution in [0.25, 0.3) is 0 Å². The Bertz CT molecular complexity index is 754. The van der Waals surface area contributed by atoms with E-state index < -0.39 is 18.5 Å². The zero-order chi connectivity index (χ0) is 28.9. The lowest BCUT2D eigenvalue weighted by molar-refractivity contribution is -0.284. The molecule has 1 nitrogen and oxygen atoms in total. The van der Waals surface area contributed by atoms with Gasteiger partial charge in [-0.2, -0.15) is 34.6 Å². The van der Waals surface area contributed by atoms with Crippen molar-refractivity contribution in [2.75, 3.05) is 5.75 Å². The maximum absolute atomic E-state index is 12.0. The SMILES string of the molecule is C=C.CC.CC12CCC3c4ccccc4CCC3C1CCC2O.CCC.FC(F)(F)C(F)(F)CCCS. The van der Waals surface area contributed by atoms with E-state index in [1.807, 2.05) is 13.8 Å². The standard InChI is InChI=1S/C18H24O.C5H7F5S.C3H8.C2H6.C2H4/c1-18-11-10-14-13-5-3-2-4-12(13)6-7-15(14)16(18)8-9-17(18)19;6-4(7,2-1-3-11)5(8,9)10;1-3-2;2*1-2/h2-5,14-17,19H,6-11H2,1H3;11H,1-3H2;3H2,1-2H3;1-2H3;1-2H2. The molecule has 7 heteroatoms. The van der Waals surface area contributed by atoms with Gasteiger partial charge in [0.05, 0.1) is 6.10 Å². The van der Waals surface area contributed by atoms with Gasteiger partial charge in [-0.25, -0.2) is 0 Å². The summed E-state index contributed by atoms with van der Waals surface area (Å²) in [6.07, 6.45) is 1.74. The summed E-state index contributed by atoms with van der Waals surface area (Å²) in [4.78, 5) is 0. The van der Waals surface area contributed by atoms with Crippen molar-refractivity contribution in [2.45, 2.75) is 117 Å². The Morgan fingerprint density at radius 2 is 1.57 bits per heavy atom. The van der Waals surface area contributed by atoms with Gasteiger partial charge < -0.3 is 5.11 Å². The van der Waals surface area contributed by atoms with Crippen LogP contribution in [0.1, 0.15) is 103 Å². The number of fused-ring (bicyclic) bond motifs is 5. The van der Waals surface area contributed by atoms with Gasteiger partial charge in [0, 0.05) is 6.42 Å². The lowest BCUT2D eigenvalue weighted by Crippen LogP contribution is -2.43. The molecule has 5 atom stereocenters. The van der Waals surface area contributed by atoms with Gasteiger partial charge in [-0.3, -0.25) is 0 Å². The van der Waals surface area contributed by atoms with E-state index in [2.05, 4.69) is 70.8 Å². The number of aliphatic hydroxyl groups excluding tert-OH is 1. The molecule has 1 aromatic rings. The first-order valence-corrected chi connectivity index (χ1v) is 14.4. The van der Waals surface area contributed by atoms with E-state index >= 15 is 0 Å². The molecule has 0 saturated heterocycles. The minimum Gasteiger partial charge on any atom is -0.393 e. The van der Waals surface area contributed by atoms with E-state index in [4.69, 9.17) is 0 Å². The molecule has 3 aliphatic rings. The summed E-state index contributed by atoms with van der Waals surface area (Å²) in [5.74, 6) is -2.17. The number of alkyl halides is 5. The van der Waals surface area contributed by atoms with Crippen molar-refractivity contribution in [3.63, 3.8) is 0 Å². The van der Waals surface area contributed by atoms with Crippen LogP contribution in [0.2, 0.25) is 0 Å². The topological polar surface area (TPSA) is 20.2 Å². The summed E-state index contributed by atoms with van der Waals surface area (Å²) in [5, 5.41) is 10.4.